The standard InChI is InChI=1S/C19H25N5O3/c20-11-2-4-12(5-3-11)22-14-7-8-21-18(25)16(14)17-23-13-6-1-10(19(26)27)9-15(13)24-17/h7-8,10-12H,1-6,9,20H2,(H,23,24)(H,26,27)(H2,21,22,25). The maximum absolute atomic E-state index is 12.5. The number of aromatic amines is 2. The molecule has 144 valence electrons. The predicted octanol–water partition coefficient (Wildman–Crippen LogP) is 1.64. The van der Waals surface area contributed by atoms with Gasteiger partial charge in [0.05, 0.1) is 17.3 Å². The predicted molar refractivity (Wildman–Crippen MR) is 102 cm³/mol. The van der Waals surface area contributed by atoms with Crippen LogP contribution in [-0.4, -0.2) is 38.1 Å². The van der Waals surface area contributed by atoms with Gasteiger partial charge < -0.3 is 26.1 Å². The minimum absolute atomic E-state index is 0.214. The Balaban J connectivity index is 1.63. The molecule has 1 saturated carbocycles. The molecule has 1 fully saturated rings. The molecule has 0 radical (unpaired) electrons. The first-order valence-corrected chi connectivity index (χ1v) is 9.56. The van der Waals surface area contributed by atoms with Gasteiger partial charge in [0, 0.05) is 30.4 Å². The number of carbonyl (C=O) groups is 1. The molecule has 1 atom stereocenters. The van der Waals surface area contributed by atoms with Gasteiger partial charge in [-0.25, -0.2) is 4.98 Å². The van der Waals surface area contributed by atoms with Crippen molar-refractivity contribution in [2.75, 3.05) is 5.32 Å². The number of hydrogen-bond donors (Lipinski definition) is 5. The van der Waals surface area contributed by atoms with Gasteiger partial charge in [-0.1, -0.05) is 0 Å². The molecule has 6 N–H and O–H groups in total. The lowest BCUT2D eigenvalue weighted by molar-refractivity contribution is -0.142. The van der Waals surface area contributed by atoms with Crippen molar-refractivity contribution in [2.24, 2.45) is 11.7 Å². The van der Waals surface area contributed by atoms with Gasteiger partial charge in [0.2, 0.25) is 0 Å². The first kappa shape index (κ1) is 17.8. The number of hydrogen-bond acceptors (Lipinski definition) is 5. The summed E-state index contributed by atoms with van der Waals surface area (Å²) in [5.74, 6) is -0.681. The zero-order valence-corrected chi connectivity index (χ0v) is 15.1. The van der Waals surface area contributed by atoms with Crippen LogP contribution in [0.5, 0.6) is 0 Å². The summed E-state index contributed by atoms with van der Waals surface area (Å²) in [5.41, 5.74) is 8.68. The van der Waals surface area contributed by atoms with Crippen LogP contribution < -0.4 is 16.6 Å². The van der Waals surface area contributed by atoms with Crippen molar-refractivity contribution in [3.05, 3.63) is 34.0 Å². The normalized spacial score (nSPS) is 25.0. The highest BCUT2D eigenvalue weighted by Gasteiger charge is 2.28. The van der Waals surface area contributed by atoms with Crippen molar-refractivity contribution in [2.45, 2.75) is 57.0 Å². The molecule has 2 heterocycles. The summed E-state index contributed by atoms with van der Waals surface area (Å²) >= 11 is 0. The Morgan fingerprint density at radius 3 is 2.78 bits per heavy atom. The topological polar surface area (TPSA) is 137 Å². The number of fused-ring (bicyclic) bond motifs is 1. The van der Waals surface area contributed by atoms with Gasteiger partial charge in [0.25, 0.3) is 5.56 Å². The maximum atomic E-state index is 12.5. The molecular weight excluding hydrogens is 346 g/mol. The number of carboxylic acid groups (broad SMARTS) is 1. The van der Waals surface area contributed by atoms with Gasteiger partial charge in [-0.15, -0.1) is 0 Å². The van der Waals surface area contributed by atoms with Crippen molar-refractivity contribution < 1.29 is 9.90 Å². The summed E-state index contributed by atoms with van der Waals surface area (Å²) < 4.78 is 0. The first-order valence-electron chi connectivity index (χ1n) is 9.56. The number of anilines is 1. The second-order valence-electron chi connectivity index (χ2n) is 7.64. The lowest BCUT2D eigenvalue weighted by Gasteiger charge is -2.28. The smallest absolute Gasteiger partial charge is 0.306 e. The number of nitrogens with one attached hydrogen (secondary N) is 3. The van der Waals surface area contributed by atoms with Crippen LogP contribution >= 0.6 is 0 Å². The fraction of sp³-hybridized carbons (Fsp3) is 0.526. The number of H-pyrrole nitrogens is 2. The minimum atomic E-state index is -0.785. The van der Waals surface area contributed by atoms with E-state index in [-0.39, 0.29) is 17.6 Å². The Morgan fingerprint density at radius 2 is 2.04 bits per heavy atom. The zero-order chi connectivity index (χ0) is 19.0. The molecule has 2 aromatic heterocycles. The third-order valence-corrected chi connectivity index (χ3v) is 5.72. The fourth-order valence-corrected chi connectivity index (χ4v) is 4.13. The van der Waals surface area contributed by atoms with Crippen molar-refractivity contribution >= 4 is 11.7 Å². The molecule has 0 saturated heterocycles. The van der Waals surface area contributed by atoms with E-state index in [0.29, 0.717) is 30.7 Å². The average Bonchev–Trinajstić information content (AvgIpc) is 3.06. The van der Waals surface area contributed by atoms with E-state index in [4.69, 9.17) is 5.73 Å². The van der Waals surface area contributed by atoms with E-state index >= 15 is 0 Å². The van der Waals surface area contributed by atoms with Gasteiger partial charge in [-0.2, -0.15) is 0 Å². The highest BCUT2D eigenvalue weighted by atomic mass is 16.4. The van der Waals surface area contributed by atoms with Gasteiger partial charge in [-0.05, 0) is 44.6 Å². The molecule has 1 unspecified atom stereocenters. The van der Waals surface area contributed by atoms with Crippen LogP contribution in [-0.2, 0) is 17.6 Å². The Hall–Kier alpha value is -2.61. The monoisotopic (exact) mass is 371 g/mol. The van der Waals surface area contributed by atoms with Gasteiger partial charge in [0.15, 0.2) is 0 Å². The van der Waals surface area contributed by atoms with Crippen molar-refractivity contribution in [3.63, 3.8) is 0 Å². The number of rotatable bonds is 4. The maximum Gasteiger partial charge on any atom is 0.306 e. The third-order valence-electron chi connectivity index (χ3n) is 5.72. The molecule has 0 aliphatic heterocycles. The molecule has 0 amide bonds. The van der Waals surface area contributed by atoms with Crippen LogP contribution in [0.3, 0.4) is 0 Å². The summed E-state index contributed by atoms with van der Waals surface area (Å²) in [7, 11) is 0. The second-order valence-corrected chi connectivity index (χ2v) is 7.64. The van der Waals surface area contributed by atoms with Gasteiger partial charge in [-0.3, -0.25) is 9.59 Å². The fourth-order valence-electron chi connectivity index (χ4n) is 4.13. The van der Waals surface area contributed by atoms with Gasteiger partial charge >= 0.3 is 5.97 Å². The molecule has 0 aromatic carbocycles. The Labute approximate surface area is 156 Å². The summed E-state index contributed by atoms with van der Waals surface area (Å²) in [6, 6.07) is 2.40. The van der Waals surface area contributed by atoms with Crippen molar-refractivity contribution in [1.82, 2.24) is 15.0 Å². The van der Waals surface area contributed by atoms with Crippen molar-refractivity contribution in [3.8, 4) is 11.4 Å². The second kappa shape index (κ2) is 7.19. The number of nitrogens with two attached hydrogens (primary N) is 1. The van der Waals surface area contributed by atoms with Crippen LogP contribution in [0.1, 0.15) is 43.5 Å². The number of imidazole rings is 1. The number of aliphatic carboxylic acids is 1. The van der Waals surface area contributed by atoms with E-state index in [2.05, 4.69) is 20.3 Å². The molecule has 8 nitrogen and oxygen atoms in total. The summed E-state index contributed by atoms with van der Waals surface area (Å²) in [4.78, 5) is 34.4. The van der Waals surface area contributed by atoms with E-state index in [9.17, 15) is 14.7 Å². The molecule has 0 bridgehead atoms. The number of aryl methyl sites for hydroxylation is 1. The highest BCUT2D eigenvalue weighted by Crippen LogP contribution is 2.30. The van der Waals surface area contributed by atoms with E-state index < -0.39 is 11.9 Å². The van der Waals surface area contributed by atoms with E-state index in [1.165, 1.54) is 0 Å². The third kappa shape index (κ3) is 3.62. The minimum Gasteiger partial charge on any atom is -0.481 e. The molecule has 0 spiro atoms. The Morgan fingerprint density at radius 1 is 1.26 bits per heavy atom. The largest absolute Gasteiger partial charge is 0.481 e. The molecule has 2 aliphatic carbocycles. The molecule has 8 heteroatoms. The lowest BCUT2D eigenvalue weighted by atomic mass is 9.90. The number of pyridine rings is 1. The van der Waals surface area contributed by atoms with Crippen LogP contribution in [0.25, 0.3) is 11.4 Å². The molecule has 2 aromatic rings. The first-order chi connectivity index (χ1) is 13.0. The lowest BCUT2D eigenvalue weighted by Crippen LogP contribution is -2.33. The summed E-state index contributed by atoms with van der Waals surface area (Å²) in [6.07, 6.45) is 7.13. The van der Waals surface area contributed by atoms with Crippen LogP contribution in [0.15, 0.2) is 17.1 Å². The Bertz CT molecular complexity index is 895. The van der Waals surface area contributed by atoms with E-state index in [1.807, 2.05) is 6.07 Å². The SMILES string of the molecule is NC1CCC(Nc2cc[nH]c(=O)c2-c2nc3c([nH]2)CC(C(=O)O)CC3)CC1. The Kier molecular flexibility index (Phi) is 4.73. The molecular formula is C19H25N5O3. The van der Waals surface area contributed by atoms with Gasteiger partial charge in [0.1, 0.15) is 11.4 Å². The molecule has 4 rings (SSSR count). The zero-order valence-electron chi connectivity index (χ0n) is 15.1. The average molecular weight is 371 g/mol. The van der Waals surface area contributed by atoms with E-state index in [1.54, 1.807) is 6.20 Å². The molecule has 2 aliphatic rings. The summed E-state index contributed by atoms with van der Waals surface area (Å²) in [6.45, 7) is 0. The van der Waals surface area contributed by atoms with E-state index in [0.717, 1.165) is 42.8 Å². The highest BCUT2D eigenvalue weighted by molar-refractivity contribution is 5.74. The quantitative estimate of drug-likeness (QED) is 0.554. The van der Waals surface area contributed by atoms with Crippen molar-refractivity contribution in [1.29, 1.82) is 0 Å². The van der Waals surface area contributed by atoms with Crippen LogP contribution in [0, 0.1) is 5.92 Å². The number of carboxylic acids is 1. The van der Waals surface area contributed by atoms with Crippen LogP contribution in [0.2, 0.25) is 0 Å². The summed E-state index contributed by atoms with van der Waals surface area (Å²) in [5, 5.41) is 12.8. The van der Waals surface area contributed by atoms with Crippen LogP contribution in [0.4, 0.5) is 5.69 Å². The number of nitrogens with zero attached hydrogens (tertiary/aromatic N) is 1. The molecule has 27 heavy (non-hydrogen) atoms. The number of aromatic nitrogens is 3.